The van der Waals surface area contributed by atoms with Crippen molar-refractivity contribution in [2.75, 3.05) is 13.6 Å². The zero-order chi connectivity index (χ0) is 16.9. The van der Waals surface area contributed by atoms with Gasteiger partial charge in [0.2, 0.25) is 5.91 Å². The van der Waals surface area contributed by atoms with Crippen molar-refractivity contribution in [2.24, 2.45) is 0 Å². The topological polar surface area (TPSA) is 32.3 Å². The van der Waals surface area contributed by atoms with E-state index in [1.807, 2.05) is 18.2 Å². The summed E-state index contributed by atoms with van der Waals surface area (Å²) in [5.41, 5.74) is 5.36. The number of hydrogen-bond donors (Lipinski definition) is 1. The molecule has 0 aromatic heterocycles. The Morgan fingerprint density at radius 1 is 1.17 bits per heavy atom. The summed E-state index contributed by atoms with van der Waals surface area (Å²) in [6.07, 6.45) is 2.36. The second-order valence-corrected chi connectivity index (χ2v) is 6.83. The van der Waals surface area contributed by atoms with Gasteiger partial charge in [0.05, 0.1) is 0 Å². The molecule has 3 rings (SSSR count). The second kappa shape index (κ2) is 7.63. The quantitative estimate of drug-likeness (QED) is 0.917. The Hall–Kier alpha value is -2.13. The van der Waals surface area contributed by atoms with Crippen molar-refractivity contribution in [1.82, 2.24) is 10.2 Å². The fourth-order valence-electron chi connectivity index (χ4n) is 3.36. The highest BCUT2D eigenvalue weighted by atomic mass is 16.1. The van der Waals surface area contributed by atoms with Gasteiger partial charge in [0.1, 0.15) is 0 Å². The van der Waals surface area contributed by atoms with E-state index in [0.717, 1.165) is 25.9 Å². The highest BCUT2D eigenvalue weighted by molar-refractivity contribution is 5.76. The molecule has 0 aliphatic carbocycles. The Morgan fingerprint density at radius 2 is 1.96 bits per heavy atom. The summed E-state index contributed by atoms with van der Waals surface area (Å²) in [6, 6.07) is 17.2. The molecule has 0 fully saturated rings. The van der Waals surface area contributed by atoms with Crippen LogP contribution in [0.25, 0.3) is 0 Å². The summed E-state index contributed by atoms with van der Waals surface area (Å²) in [5, 5.41) is 3.12. The van der Waals surface area contributed by atoms with Gasteiger partial charge in [0, 0.05) is 25.6 Å². The number of aryl methyl sites for hydroxylation is 2. The van der Waals surface area contributed by atoms with Crippen molar-refractivity contribution >= 4 is 5.91 Å². The molecule has 0 saturated heterocycles. The number of hydrogen-bond acceptors (Lipinski definition) is 2. The summed E-state index contributed by atoms with van der Waals surface area (Å²) in [4.78, 5) is 14.5. The minimum Gasteiger partial charge on any atom is -0.355 e. The zero-order valence-electron chi connectivity index (χ0n) is 14.6. The van der Waals surface area contributed by atoms with Crippen LogP contribution in [0.5, 0.6) is 0 Å². The fraction of sp³-hybridized carbons (Fsp3) is 0.381. The molecule has 0 spiro atoms. The van der Waals surface area contributed by atoms with E-state index < -0.39 is 0 Å². The average molecular weight is 322 g/mol. The number of likely N-dealkylation sites (N-methyl/N-ethyl adjacent to an activating group) is 1. The smallest absolute Gasteiger partial charge is 0.220 e. The van der Waals surface area contributed by atoms with Gasteiger partial charge in [-0.05, 0) is 43.5 Å². The Morgan fingerprint density at radius 3 is 2.75 bits per heavy atom. The van der Waals surface area contributed by atoms with Crippen LogP contribution in [0.15, 0.2) is 48.5 Å². The van der Waals surface area contributed by atoms with Crippen LogP contribution in [0.1, 0.15) is 28.7 Å². The first-order chi connectivity index (χ1) is 11.6. The van der Waals surface area contributed by atoms with Gasteiger partial charge in [0.25, 0.3) is 0 Å². The molecule has 24 heavy (non-hydrogen) atoms. The van der Waals surface area contributed by atoms with Gasteiger partial charge in [-0.25, -0.2) is 0 Å². The molecule has 3 heteroatoms. The SMILES string of the molecule is Cc1ccc2c(c1)C[C@@H](CNC(=O)CCc1ccccc1)N(C)C2. The van der Waals surface area contributed by atoms with Crippen molar-refractivity contribution in [2.45, 2.75) is 38.8 Å². The van der Waals surface area contributed by atoms with Crippen LogP contribution in [-0.2, 0) is 24.2 Å². The third-order valence-corrected chi connectivity index (χ3v) is 4.88. The number of carbonyl (C=O) groups excluding carboxylic acids is 1. The van der Waals surface area contributed by atoms with Crippen LogP contribution < -0.4 is 5.32 Å². The summed E-state index contributed by atoms with van der Waals surface area (Å²) < 4.78 is 0. The third-order valence-electron chi connectivity index (χ3n) is 4.88. The number of fused-ring (bicyclic) bond motifs is 1. The lowest BCUT2D eigenvalue weighted by atomic mass is 9.93. The van der Waals surface area contributed by atoms with Crippen molar-refractivity contribution < 1.29 is 4.79 Å². The van der Waals surface area contributed by atoms with Crippen LogP contribution in [0.3, 0.4) is 0 Å². The Labute approximate surface area is 144 Å². The molecule has 0 saturated carbocycles. The molecule has 3 nitrogen and oxygen atoms in total. The van der Waals surface area contributed by atoms with E-state index in [4.69, 9.17) is 0 Å². The number of carbonyl (C=O) groups is 1. The molecule has 2 aromatic carbocycles. The summed E-state index contributed by atoms with van der Waals surface area (Å²) in [7, 11) is 2.14. The maximum atomic E-state index is 12.1. The van der Waals surface area contributed by atoms with Gasteiger partial charge < -0.3 is 5.32 Å². The lowest BCUT2D eigenvalue weighted by Gasteiger charge is -2.34. The number of rotatable bonds is 5. The molecule has 1 amide bonds. The van der Waals surface area contributed by atoms with E-state index >= 15 is 0 Å². The Bertz CT molecular complexity index is 696. The molecule has 0 unspecified atom stereocenters. The Balaban J connectivity index is 1.50. The van der Waals surface area contributed by atoms with Crippen molar-refractivity contribution in [3.8, 4) is 0 Å². The Kier molecular flexibility index (Phi) is 5.31. The lowest BCUT2D eigenvalue weighted by Crippen LogP contribution is -2.45. The van der Waals surface area contributed by atoms with Crippen molar-refractivity contribution in [1.29, 1.82) is 0 Å². The molecule has 0 radical (unpaired) electrons. The predicted molar refractivity (Wildman–Crippen MR) is 97.9 cm³/mol. The highest BCUT2D eigenvalue weighted by Crippen LogP contribution is 2.23. The molecule has 1 aliphatic rings. The standard InChI is InChI=1S/C21H26N2O/c1-16-8-10-18-15-23(2)20(13-19(18)12-16)14-22-21(24)11-9-17-6-4-3-5-7-17/h3-8,10,12,20H,9,11,13-15H2,1-2H3,(H,22,24)/t20-/m0/s1. The van der Waals surface area contributed by atoms with E-state index in [1.54, 1.807) is 0 Å². The van der Waals surface area contributed by atoms with E-state index in [9.17, 15) is 4.79 Å². The van der Waals surface area contributed by atoms with Gasteiger partial charge >= 0.3 is 0 Å². The normalized spacial score (nSPS) is 17.3. The number of amides is 1. The first-order valence-corrected chi connectivity index (χ1v) is 8.71. The largest absolute Gasteiger partial charge is 0.355 e. The van der Waals surface area contributed by atoms with E-state index in [-0.39, 0.29) is 5.91 Å². The molecule has 0 bridgehead atoms. The average Bonchev–Trinajstić information content (AvgIpc) is 2.59. The number of nitrogens with zero attached hydrogens (tertiary/aromatic N) is 1. The first kappa shape index (κ1) is 16.7. The third kappa shape index (κ3) is 4.24. The molecule has 126 valence electrons. The molecular formula is C21H26N2O. The molecule has 1 aliphatic heterocycles. The predicted octanol–water partition coefficient (Wildman–Crippen LogP) is 3.10. The van der Waals surface area contributed by atoms with Crippen molar-refractivity contribution in [3.63, 3.8) is 0 Å². The molecule has 1 heterocycles. The number of benzene rings is 2. The van der Waals surface area contributed by atoms with Crippen LogP contribution in [0.2, 0.25) is 0 Å². The van der Waals surface area contributed by atoms with Crippen LogP contribution in [0.4, 0.5) is 0 Å². The van der Waals surface area contributed by atoms with Crippen LogP contribution >= 0.6 is 0 Å². The van der Waals surface area contributed by atoms with Crippen molar-refractivity contribution in [3.05, 3.63) is 70.8 Å². The minimum absolute atomic E-state index is 0.141. The van der Waals surface area contributed by atoms with Gasteiger partial charge in [-0.15, -0.1) is 0 Å². The summed E-state index contributed by atoms with van der Waals surface area (Å²) in [6.45, 7) is 3.82. The fourth-order valence-corrected chi connectivity index (χ4v) is 3.36. The van der Waals surface area contributed by atoms with Gasteiger partial charge in [-0.2, -0.15) is 0 Å². The summed E-state index contributed by atoms with van der Waals surface area (Å²) >= 11 is 0. The second-order valence-electron chi connectivity index (χ2n) is 6.83. The number of nitrogens with one attached hydrogen (secondary N) is 1. The van der Waals surface area contributed by atoms with Gasteiger partial charge in [-0.1, -0.05) is 54.1 Å². The summed E-state index contributed by atoms with van der Waals surface area (Å²) in [5.74, 6) is 0.141. The van der Waals surface area contributed by atoms with Crippen LogP contribution in [-0.4, -0.2) is 30.4 Å². The first-order valence-electron chi connectivity index (χ1n) is 8.71. The maximum absolute atomic E-state index is 12.1. The molecule has 1 atom stereocenters. The van der Waals surface area contributed by atoms with E-state index in [1.165, 1.54) is 22.3 Å². The monoisotopic (exact) mass is 322 g/mol. The minimum atomic E-state index is 0.141. The zero-order valence-corrected chi connectivity index (χ0v) is 14.6. The van der Waals surface area contributed by atoms with E-state index in [0.29, 0.717) is 12.5 Å². The molecule has 1 N–H and O–H groups in total. The lowest BCUT2D eigenvalue weighted by molar-refractivity contribution is -0.121. The van der Waals surface area contributed by atoms with Gasteiger partial charge in [-0.3, -0.25) is 9.69 Å². The molecular weight excluding hydrogens is 296 g/mol. The van der Waals surface area contributed by atoms with E-state index in [2.05, 4.69) is 54.5 Å². The highest BCUT2D eigenvalue weighted by Gasteiger charge is 2.23. The van der Waals surface area contributed by atoms with Gasteiger partial charge in [0.15, 0.2) is 0 Å². The van der Waals surface area contributed by atoms with Crippen LogP contribution in [0, 0.1) is 6.92 Å². The maximum Gasteiger partial charge on any atom is 0.220 e. The molecule has 2 aromatic rings.